The predicted octanol–water partition coefficient (Wildman–Crippen LogP) is 1.85. The van der Waals surface area contributed by atoms with Gasteiger partial charge in [0, 0.05) is 36.7 Å². The van der Waals surface area contributed by atoms with Crippen LogP contribution in [0.15, 0.2) is 41.3 Å². The van der Waals surface area contributed by atoms with Crippen LogP contribution in [0.4, 0.5) is 5.69 Å². The summed E-state index contributed by atoms with van der Waals surface area (Å²) in [7, 11) is 0. The molecular weight excluding hydrogens is 370 g/mol. The zero-order chi connectivity index (χ0) is 20.2. The summed E-state index contributed by atoms with van der Waals surface area (Å²) in [6.45, 7) is 6.36. The van der Waals surface area contributed by atoms with Gasteiger partial charge >= 0.3 is 0 Å². The summed E-state index contributed by atoms with van der Waals surface area (Å²) in [4.78, 5) is 32.1. The van der Waals surface area contributed by atoms with E-state index in [1.165, 1.54) is 16.8 Å². The lowest BCUT2D eigenvalue weighted by Crippen LogP contribution is -2.37. The quantitative estimate of drug-likeness (QED) is 0.665. The zero-order valence-corrected chi connectivity index (χ0v) is 16.5. The SMILES string of the molecule is Cc1ccc(NC(=O)c2c[nH]n3c(=O)cc(CCCN4CCOCC4)nc23)cc1. The van der Waals surface area contributed by atoms with Crippen LogP contribution in [0.3, 0.4) is 0 Å². The van der Waals surface area contributed by atoms with E-state index in [0.717, 1.165) is 44.8 Å². The number of aryl methyl sites for hydroxylation is 2. The lowest BCUT2D eigenvalue weighted by atomic mass is 10.2. The van der Waals surface area contributed by atoms with Crippen molar-refractivity contribution in [2.45, 2.75) is 19.8 Å². The normalized spacial score (nSPS) is 14.9. The summed E-state index contributed by atoms with van der Waals surface area (Å²) in [5.41, 5.74) is 2.99. The average molecular weight is 395 g/mol. The number of H-pyrrole nitrogens is 1. The molecule has 3 heterocycles. The second-order valence-electron chi connectivity index (χ2n) is 7.31. The zero-order valence-electron chi connectivity index (χ0n) is 16.5. The van der Waals surface area contributed by atoms with Gasteiger partial charge in [-0.3, -0.25) is 19.6 Å². The number of carbonyl (C=O) groups excluding carboxylic acids is 1. The second kappa shape index (κ2) is 8.59. The van der Waals surface area contributed by atoms with Crippen LogP contribution < -0.4 is 10.9 Å². The Morgan fingerprint density at radius 1 is 1.24 bits per heavy atom. The maximum Gasteiger partial charge on any atom is 0.272 e. The number of rotatable bonds is 6. The van der Waals surface area contributed by atoms with Gasteiger partial charge in [0.2, 0.25) is 0 Å². The fourth-order valence-electron chi connectivity index (χ4n) is 3.47. The molecule has 0 spiro atoms. The summed E-state index contributed by atoms with van der Waals surface area (Å²) >= 11 is 0. The van der Waals surface area contributed by atoms with E-state index in [-0.39, 0.29) is 11.5 Å². The topological polar surface area (TPSA) is 91.7 Å². The monoisotopic (exact) mass is 395 g/mol. The fourth-order valence-corrected chi connectivity index (χ4v) is 3.47. The van der Waals surface area contributed by atoms with E-state index in [4.69, 9.17) is 4.74 Å². The molecule has 152 valence electrons. The van der Waals surface area contributed by atoms with Crippen molar-refractivity contribution in [3.05, 3.63) is 63.7 Å². The highest BCUT2D eigenvalue weighted by atomic mass is 16.5. The molecule has 1 fully saturated rings. The van der Waals surface area contributed by atoms with Gasteiger partial charge in [0.1, 0.15) is 5.56 Å². The number of aromatic amines is 1. The third-order valence-corrected chi connectivity index (χ3v) is 5.12. The van der Waals surface area contributed by atoms with Gasteiger partial charge in [0.05, 0.1) is 13.2 Å². The van der Waals surface area contributed by atoms with Crippen molar-refractivity contribution in [2.24, 2.45) is 0 Å². The van der Waals surface area contributed by atoms with E-state index in [2.05, 4.69) is 20.3 Å². The molecule has 0 radical (unpaired) electrons. The van der Waals surface area contributed by atoms with Gasteiger partial charge < -0.3 is 10.1 Å². The fraction of sp³-hybridized carbons (Fsp3) is 0.381. The lowest BCUT2D eigenvalue weighted by Gasteiger charge is -2.26. The summed E-state index contributed by atoms with van der Waals surface area (Å²) in [5.74, 6) is -0.301. The third kappa shape index (κ3) is 4.55. The molecule has 1 aliphatic rings. The molecule has 1 amide bonds. The second-order valence-corrected chi connectivity index (χ2v) is 7.31. The van der Waals surface area contributed by atoms with Gasteiger partial charge in [-0.25, -0.2) is 9.50 Å². The molecule has 4 rings (SSSR count). The Hall–Kier alpha value is -2.97. The molecular formula is C21H25N5O3. The molecule has 0 atom stereocenters. The Labute approximate surface area is 168 Å². The van der Waals surface area contributed by atoms with Crippen molar-refractivity contribution in [1.29, 1.82) is 0 Å². The number of fused-ring (bicyclic) bond motifs is 1. The van der Waals surface area contributed by atoms with E-state index in [1.54, 1.807) is 0 Å². The highest BCUT2D eigenvalue weighted by Gasteiger charge is 2.16. The first-order chi connectivity index (χ1) is 14.1. The van der Waals surface area contributed by atoms with E-state index < -0.39 is 0 Å². The van der Waals surface area contributed by atoms with E-state index in [9.17, 15) is 9.59 Å². The van der Waals surface area contributed by atoms with Gasteiger partial charge in [-0.05, 0) is 38.4 Å². The Morgan fingerprint density at radius 3 is 2.76 bits per heavy atom. The maximum absolute atomic E-state index is 12.7. The van der Waals surface area contributed by atoms with Crippen molar-refractivity contribution >= 4 is 17.2 Å². The summed E-state index contributed by atoms with van der Waals surface area (Å²) in [6, 6.07) is 9.09. The minimum Gasteiger partial charge on any atom is -0.379 e. The van der Waals surface area contributed by atoms with Crippen molar-refractivity contribution < 1.29 is 9.53 Å². The highest BCUT2D eigenvalue weighted by Crippen LogP contribution is 2.13. The van der Waals surface area contributed by atoms with Crippen molar-refractivity contribution in [2.75, 3.05) is 38.2 Å². The van der Waals surface area contributed by atoms with Gasteiger partial charge in [0.15, 0.2) is 5.65 Å². The predicted molar refractivity (Wildman–Crippen MR) is 111 cm³/mol. The molecule has 0 bridgehead atoms. The van der Waals surface area contributed by atoms with Gasteiger partial charge in [-0.15, -0.1) is 0 Å². The van der Waals surface area contributed by atoms with Crippen LogP contribution in [-0.2, 0) is 11.2 Å². The van der Waals surface area contributed by atoms with Gasteiger partial charge in [0.25, 0.3) is 11.5 Å². The Bertz CT molecular complexity index is 1050. The van der Waals surface area contributed by atoms with Crippen molar-refractivity contribution in [1.82, 2.24) is 19.5 Å². The third-order valence-electron chi connectivity index (χ3n) is 5.12. The molecule has 8 heteroatoms. The van der Waals surface area contributed by atoms with Crippen LogP contribution in [0.5, 0.6) is 0 Å². The summed E-state index contributed by atoms with van der Waals surface area (Å²) < 4.78 is 6.66. The number of anilines is 1. The minimum absolute atomic E-state index is 0.217. The van der Waals surface area contributed by atoms with Gasteiger partial charge in [-0.2, -0.15) is 0 Å². The number of amides is 1. The van der Waals surface area contributed by atoms with Crippen LogP contribution in [0.1, 0.15) is 28.0 Å². The number of aromatic nitrogens is 3. The Balaban J connectivity index is 1.49. The maximum atomic E-state index is 12.7. The van der Waals surface area contributed by atoms with Gasteiger partial charge in [-0.1, -0.05) is 17.7 Å². The molecule has 1 aromatic carbocycles. The molecule has 0 saturated carbocycles. The number of ether oxygens (including phenoxy) is 1. The molecule has 2 N–H and O–H groups in total. The van der Waals surface area contributed by atoms with E-state index in [1.807, 2.05) is 31.2 Å². The molecule has 8 nitrogen and oxygen atoms in total. The number of benzene rings is 1. The van der Waals surface area contributed by atoms with Crippen LogP contribution in [0.25, 0.3) is 5.65 Å². The molecule has 1 saturated heterocycles. The number of hydrogen-bond acceptors (Lipinski definition) is 5. The number of nitrogens with one attached hydrogen (secondary N) is 2. The number of carbonyl (C=O) groups is 1. The number of hydrogen-bond donors (Lipinski definition) is 2. The van der Waals surface area contributed by atoms with E-state index in [0.29, 0.717) is 29.0 Å². The van der Waals surface area contributed by atoms with Crippen LogP contribution >= 0.6 is 0 Å². The molecule has 0 unspecified atom stereocenters. The first-order valence-corrected chi connectivity index (χ1v) is 9.88. The highest BCUT2D eigenvalue weighted by molar-refractivity contribution is 6.08. The lowest BCUT2D eigenvalue weighted by molar-refractivity contribution is 0.0374. The average Bonchev–Trinajstić information content (AvgIpc) is 3.15. The van der Waals surface area contributed by atoms with Crippen LogP contribution in [-0.4, -0.2) is 58.3 Å². The largest absolute Gasteiger partial charge is 0.379 e. The first kappa shape index (κ1) is 19.4. The Morgan fingerprint density at radius 2 is 2.00 bits per heavy atom. The summed E-state index contributed by atoms with van der Waals surface area (Å²) in [5, 5.41) is 5.68. The van der Waals surface area contributed by atoms with Crippen molar-refractivity contribution in [3.8, 4) is 0 Å². The first-order valence-electron chi connectivity index (χ1n) is 9.88. The van der Waals surface area contributed by atoms with Crippen LogP contribution in [0.2, 0.25) is 0 Å². The molecule has 0 aliphatic carbocycles. The van der Waals surface area contributed by atoms with Crippen molar-refractivity contribution in [3.63, 3.8) is 0 Å². The Kier molecular flexibility index (Phi) is 5.73. The molecule has 29 heavy (non-hydrogen) atoms. The number of morpholine rings is 1. The minimum atomic E-state index is -0.301. The molecule has 1 aliphatic heterocycles. The van der Waals surface area contributed by atoms with E-state index >= 15 is 0 Å². The number of nitrogens with zero attached hydrogens (tertiary/aromatic N) is 3. The molecule has 3 aromatic rings. The molecule has 2 aromatic heterocycles. The summed E-state index contributed by atoms with van der Waals surface area (Å²) in [6.07, 6.45) is 3.11. The standard InChI is InChI=1S/C21H25N5O3/c1-15-4-6-16(7-5-15)24-21(28)18-14-22-26-19(27)13-17(23-20(18)26)3-2-8-25-9-11-29-12-10-25/h4-7,13-14,22H,2-3,8-12H2,1H3,(H,24,28). The smallest absolute Gasteiger partial charge is 0.272 e. The van der Waals surface area contributed by atoms with Crippen LogP contribution in [0, 0.1) is 6.92 Å².